The van der Waals surface area contributed by atoms with Crippen molar-refractivity contribution in [2.24, 2.45) is 13.0 Å². The van der Waals surface area contributed by atoms with Gasteiger partial charge in [0.1, 0.15) is 0 Å². The number of hydrogen-bond donors (Lipinski definition) is 2. The van der Waals surface area contributed by atoms with Gasteiger partial charge in [-0.25, -0.2) is 0 Å². The van der Waals surface area contributed by atoms with Crippen LogP contribution in [0.4, 0.5) is 0 Å². The Morgan fingerprint density at radius 2 is 2.05 bits per heavy atom. The van der Waals surface area contributed by atoms with Crippen molar-refractivity contribution in [1.29, 1.82) is 0 Å². The molecule has 1 amide bonds. The van der Waals surface area contributed by atoms with Gasteiger partial charge in [-0.1, -0.05) is 13.8 Å². The predicted octanol–water partition coefficient (Wildman–Crippen LogP) is 1.49. The third-order valence-electron chi connectivity index (χ3n) is 3.79. The van der Waals surface area contributed by atoms with E-state index in [2.05, 4.69) is 10.4 Å². The smallest absolute Gasteiger partial charge is 0.220 e. The molecule has 0 saturated carbocycles. The molecule has 0 fully saturated rings. The maximum atomic E-state index is 11.8. The zero-order valence-corrected chi connectivity index (χ0v) is 13.2. The average molecular weight is 281 g/mol. The summed E-state index contributed by atoms with van der Waals surface area (Å²) in [5, 5.41) is 16.9. The Labute approximate surface area is 121 Å². The predicted molar refractivity (Wildman–Crippen MR) is 79.5 cm³/mol. The highest BCUT2D eigenvalue weighted by atomic mass is 16.3. The van der Waals surface area contributed by atoms with Crippen molar-refractivity contribution in [2.75, 3.05) is 6.54 Å². The molecule has 0 aliphatic carbocycles. The van der Waals surface area contributed by atoms with Crippen molar-refractivity contribution in [3.63, 3.8) is 0 Å². The second kappa shape index (κ2) is 7.43. The number of carbonyl (C=O) groups excluding carboxylic acids is 1. The molecule has 5 nitrogen and oxygen atoms in total. The molecule has 0 aliphatic rings. The summed E-state index contributed by atoms with van der Waals surface area (Å²) in [5.74, 6) is 0.260. The van der Waals surface area contributed by atoms with Crippen LogP contribution in [0.5, 0.6) is 0 Å². The largest absolute Gasteiger partial charge is 0.393 e. The normalized spacial score (nSPS) is 12.8. The van der Waals surface area contributed by atoms with E-state index in [4.69, 9.17) is 0 Å². The Kier molecular flexibility index (Phi) is 6.20. The summed E-state index contributed by atoms with van der Waals surface area (Å²) in [4.78, 5) is 11.8. The van der Waals surface area contributed by atoms with Gasteiger partial charge >= 0.3 is 0 Å². The maximum absolute atomic E-state index is 11.8. The molecule has 5 heteroatoms. The fourth-order valence-corrected chi connectivity index (χ4v) is 2.20. The SMILES string of the molecule is Cc1nn(C)c(C)c1CCC(=O)NCCC(O)C(C)C. The molecule has 1 unspecified atom stereocenters. The summed E-state index contributed by atoms with van der Waals surface area (Å²) in [6, 6.07) is 0. The zero-order valence-electron chi connectivity index (χ0n) is 13.2. The lowest BCUT2D eigenvalue weighted by Crippen LogP contribution is -2.28. The lowest BCUT2D eigenvalue weighted by molar-refractivity contribution is -0.121. The van der Waals surface area contributed by atoms with Gasteiger partial charge in [0.05, 0.1) is 11.8 Å². The van der Waals surface area contributed by atoms with Crippen LogP contribution in [0, 0.1) is 19.8 Å². The first-order chi connectivity index (χ1) is 9.32. The summed E-state index contributed by atoms with van der Waals surface area (Å²) < 4.78 is 1.85. The molecule has 0 spiro atoms. The van der Waals surface area contributed by atoms with Crippen LogP contribution in [0.15, 0.2) is 0 Å². The Morgan fingerprint density at radius 1 is 1.40 bits per heavy atom. The van der Waals surface area contributed by atoms with Gasteiger partial charge in [-0.2, -0.15) is 5.10 Å². The van der Waals surface area contributed by atoms with Crippen LogP contribution in [0.2, 0.25) is 0 Å². The van der Waals surface area contributed by atoms with E-state index in [1.165, 1.54) is 0 Å². The Bertz CT molecular complexity index is 452. The van der Waals surface area contributed by atoms with Gasteiger partial charge in [0.15, 0.2) is 0 Å². The van der Waals surface area contributed by atoms with Gasteiger partial charge in [0.25, 0.3) is 0 Å². The Morgan fingerprint density at radius 3 is 2.55 bits per heavy atom. The highest BCUT2D eigenvalue weighted by molar-refractivity contribution is 5.76. The minimum absolute atomic E-state index is 0.0311. The number of rotatable bonds is 7. The number of carbonyl (C=O) groups is 1. The van der Waals surface area contributed by atoms with Crippen LogP contribution in [0.25, 0.3) is 0 Å². The number of aromatic nitrogens is 2. The third-order valence-corrected chi connectivity index (χ3v) is 3.79. The number of aliphatic hydroxyl groups is 1. The molecule has 0 saturated heterocycles. The van der Waals surface area contributed by atoms with Crippen molar-refractivity contribution in [1.82, 2.24) is 15.1 Å². The monoisotopic (exact) mass is 281 g/mol. The molecule has 1 rings (SSSR count). The first-order valence-corrected chi connectivity index (χ1v) is 7.26. The van der Waals surface area contributed by atoms with Crippen LogP contribution in [0.1, 0.15) is 43.6 Å². The van der Waals surface area contributed by atoms with E-state index < -0.39 is 0 Å². The summed E-state index contributed by atoms with van der Waals surface area (Å²) in [6.45, 7) is 8.47. The maximum Gasteiger partial charge on any atom is 0.220 e. The van der Waals surface area contributed by atoms with E-state index in [0.717, 1.165) is 17.0 Å². The van der Waals surface area contributed by atoms with E-state index in [1.807, 2.05) is 39.4 Å². The van der Waals surface area contributed by atoms with Gasteiger partial charge in [-0.05, 0) is 38.2 Å². The fraction of sp³-hybridized carbons (Fsp3) is 0.733. The second-order valence-corrected chi connectivity index (χ2v) is 5.72. The molecule has 1 aromatic heterocycles. The molecular weight excluding hydrogens is 254 g/mol. The minimum Gasteiger partial charge on any atom is -0.393 e. The molecule has 1 heterocycles. The molecule has 1 atom stereocenters. The number of nitrogens with zero attached hydrogens (tertiary/aromatic N) is 2. The first-order valence-electron chi connectivity index (χ1n) is 7.26. The van der Waals surface area contributed by atoms with Crippen molar-refractivity contribution >= 4 is 5.91 Å². The third kappa shape index (κ3) is 4.63. The van der Waals surface area contributed by atoms with Crippen molar-refractivity contribution < 1.29 is 9.90 Å². The molecule has 0 bridgehead atoms. The average Bonchev–Trinajstić information content (AvgIpc) is 2.61. The Hall–Kier alpha value is -1.36. The highest BCUT2D eigenvalue weighted by Crippen LogP contribution is 2.13. The number of aliphatic hydroxyl groups excluding tert-OH is 1. The zero-order chi connectivity index (χ0) is 15.3. The molecule has 114 valence electrons. The van der Waals surface area contributed by atoms with E-state index in [9.17, 15) is 9.90 Å². The summed E-state index contributed by atoms with van der Waals surface area (Å²) in [7, 11) is 1.92. The standard InChI is InChI=1S/C15H27N3O2/c1-10(2)14(19)8-9-16-15(20)7-6-13-11(3)17-18(5)12(13)4/h10,14,19H,6-9H2,1-5H3,(H,16,20). The number of amides is 1. The topological polar surface area (TPSA) is 67.2 Å². The van der Waals surface area contributed by atoms with Crippen molar-refractivity contribution in [3.05, 3.63) is 17.0 Å². The molecule has 20 heavy (non-hydrogen) atoms. The van der Waals surface area contributed by atoms with E-state index in [0.29, 0.717) is 25.8 Å². The molecule has 2 N–H and O–H groups in total. The fourth-order valence-electron chi connectivity index (χ4n) is 2.20. The number of aryl methyl sites for hydroxylation is 2. The van der Waals surface area contributed by atoms with Gasteiger partial charge in [-0.3, -0.25) is 9.48 Å². The van der Waals surface area contributed by atoms with E-state index >= 15 is 0 Å². The molecule has 0 aliphatic heterocycles. The van der Waals surface area contributed by atoms with Crippen molar-refractivity contribution in [3.8, 4) is 0 Å². The van der Waals surface area contributed by atoms with Crippen molar-refractivity contribution in [2.45, 2.75) is 53.1 Å². The summed E-state index contributed by atoms with van der Waals surface area (Å²) in [6.07, 6.45) is 1.43. The molecule has 1 aromatic rings. The number of nitrogens with one attached hydrogen (secondary N) is 1. The lowest BCUT2D eigenvalue weighted by atomic mass is 10.0. The van der Waals surface area contributed by atoms with Gasteiger partial charge in [0, 0.05) is 25.7 Å². The van der Waals surface area contributed by atoms with E-state index in [1.54, 1.807) is 0 Å². The van der Waals surface area contributed by atoms with Crippen LogP contribution in [0.3, 0.4) is 0 Å². The van der Waals surface area contributed by atoms with Crippen LogP contribution in [-0.4, -0.2) is 33.4 Å². The second-order valence-electron chi connectivity index (χ2n) is 5.72. The Balaban J connectivity index is 2.33. The minimum atomic E-state index is -0.349. The lowest BCUT2D eigenvalue weighted by Gasteiger charge is -2.14. The van der Waals surface area contributed by atoms with Gasteiger partial charge in [0.2, 0.25) is 5.91 Å². The first kappa shape index (κ1) is 16.7. The quantitative estimate of drug-likeness (QED) is 0.796. The summed E-state index contributed by atoms with van der Waals surface area (Å²) in [5.41, 5.74) is 3.27. The van der Waals surface area contributed by atoms with Gasteiger partial charge < -0.3 is 10.4 Å². The number of hydrogen-bond acceptors (Lipinski definition) is 3. The van der Waals surface area contributed by atoms with E-state index in [-0.39, 0.29) is 17.9 Å². The van der Waals surface area contributed by atoms with Crippen LogP contribution >= 0.6 is 0 Å². The molecular formula is C15H27N3O2. The summed E-state index contributed by atoms with van der Waals surface area (Å²) >= 11 is 0. The van der Waals surface area contributed by atoms with Crippen LogP contribution in [-0.2, 0) is 18.3 Å². The molecule has 0 aromatic carbocycles. The van der Waals surface area contributed by atoms with Crippen LogP contribution < -0.4 is 5.32 Å². The highest BCUT2D eigenvalue weighted by Gasteiger charge is 2.12. The van der Waals surface area contributed by atoms with Gasteiger partial charge in [-0.15, -0.1) is 0 Å². The molecule has 0 radical (unpaired) electrons.